The number of phenols is 1. The maximum absolute atomic E-state index is 14.6. The lowest BCUT2D eigenvalue weighted by molar-refractivity contribution is 0.0896. The minimum atomic E-state index is -0.964. The van der Waals surface area contributed by atoms with Gasteiger partial charge in [-0.25, -0.2) is 4.39 Å². The summed E-state index contributed by atoms with van der Waals surface area (Å²) >= 11 is 0. The standard InChI is InChI=1S/C28H25FN4O5/c1-38-23-9-8-22(34)24(25(23)29)26(35)15-2-4-16(5-3-15)27(36)32-20-13-31-14-21(20)33-28(37)17-6-7-18-11-30-12-19(18)10-17/h2-10,12,20-21,31,34H,11,13-14H2,1H3,(H,32,36)(H,33,37)/t20-,21-/m1/s1. The molecule has 1 fully saturated rings. The lowest BCUT2D eigenvalue weighted by Crippen LogP contribution is -2.51. The van der Waals surface area contributed by atoms with Crippen molar-refractivity contribution in [2.24, 2.45) is 4.99 Å². The highest BCUT2D eigenvalue weighted by Crippen LogP contribution is 2.30. The number of nitrogens with one attached hydrogen (secondary N) is 3. The summed E-state index contributed by atoms with van der Waals surface area (Å²) in [4.78, 5) is 42.8. The molecule has 3 aromatic carbocycles. The first-order valence-corrected chi connectivity index (χ1v) is 12.0. The molecule has 194 valence electrons. The van der Waals surface area contributed by atoms with Gasteiger partial charge in [0.2, 0.25) is 0 Å². The SMILES string of the molecule is COc1ccc(O)c(C(=O)c2ccc(C(=O)N[C@@H]3CNC[C@H]3NC(=O)c3ccc4c(c3)C=NC4)cc2)c1F. The molecule has 0 aliphatic carbocycles. The van der Waals surface area contributed by atoms with Crippen LogP contribution in [0.15, 0.2) is 59.6 Å². The third kappa shape index (κ3) is 4.85. The topological polar surface area (TPSA) is 129 Å². The summed E-state index contributed by atoms with van der Waals surface area (Å²) in [5, 5.41) is 19.1. The average Bonchev–Trinajstić information content (AvgIpc) is 3.57. The van der Waals surface area contributed by atoms with Crippen LogP contribution in [0.25, 0.3) is 0 Å². The number of benzene rings is 3. The third-order valence-corrected chi connectivity index (χ3v) is 6.69. The van der Waals surface area contributed by atoms with E-state index in [0.717, 1.165) is 11.1 Å². The molecule has 0 unspecified atom stereocenters. The van der Waals surface area contributed by atoms with Gasteiger partial charge in [-0.15, -0.1) is 0 Å². The number of carbonyl (C=O) groups is 3. The molecule has 0 bridgehead atoms. The number of hydrogen-bond donors (Lipinski definition) is 4. The molecule has 0 spiro atoms. The van der Waals surface area contributed by atoms with Gasteiger partial charge >= 0.3 is 0 Å². The Kier molecular flexibility index (Phi) is 6.89. The molecule has 0 radical (unpaired) electrons. The Morgan fingerprint density at radius 3 is 2.26 bits per heavy atom. The first kappa shape index (κ1) is 25.1. The minimum Gasteiger partial charge on any atom is -0.507 e. The van der Waals surface area contributed by atoms with Crippen molar-refractivity contribution in [1.29, 1.82) is 0 Å². The zero-order valence-corrected chi connectivity index (χ0v) is 20.5. The first-order valence-electron chi connectivity index (χ1n) is 12.0. The van der Waals surface area contributed by atoms with E-state index in [1.165, 1.54) is 43.5 Å². The molecule has 5 rings (SSSR count). The molecule has 38 heavy (non-hydrogen) atoms. The second-order valence-electron chi connectivity index (χ2n) is 9.08. The number of rotatable bonds is 7. The lowest BCUT2D eigenvalue weighted by Gasteiger charge is -2.21. The van der Waals surface area contributed by atoms with Crippen LogP contribution in [0.5, 0.6) is 11.5 Å². The normalized spacial score (nSPS) is 17.6. The Bertz CT molecular complexity index is 1450. The molecule has 2 amide bonds. The van der Waals surface area contributed by atoms with E-state index in [0.29, 0.717) is 25.2 Å². The van der Waals surface area contributed by atoms with Crippen molar-refractivity contribution in [3.8, 4) is 11.5 Å². The zero-order chi connectivity index (χ0) is 26.8. The van der Waals surface area contributed by atoms with Crippen LogP contribution in [0.2, 0.25) is 0 Å². The van der Waals surface area contributed by atoms with E-state index >= 15 is 0 Å². The van der Waals surface area contributed by atoms with Gasteiger partial charge in [0.05, 0.1) is 25.7 Å². The second kappa shape index (κ2) is 10.4. The number of ether oxygens (including phenoxy) is 1. The van der Waals surface area contributed by atoms with Gasteiger partial charge in [0.25, 0.3) is 11.8 Å². The molecule has 4 N–H and O–H groups in total. The van der Waals surface area contributed by atoms with Gasteiger partial charge in [0, 0.05) is 36.0 Å². The molecule has 9 nitrogen and oxygen atoms in total. The highest BCUT2D eigenvalue weighted by Gasteiger charge is 2.30. The van der Waals surface area contributed by atoms with Crippen molar-refractivity contribution in [2.45, 2.75) is 18.6 Å². The fraction of sp³-hybridized carbons (Fsp3) is 0.214. The molecule has 0 aromatic heterocycles. The van der Waals surface area contributed by atoms with Gasteiger partial charge in [-0.3, -0.25) is 19.4 Å². The number of amides is 2. The Balaban J connectivity index is 1.24. The first-order chi connectivity index (χ1) is 18.4. The van der Waals surface area contributed by atoms with Crippen molar-refractivity contribution in [2.75, 3.05) is 20.2 Å². The van der Waals surface area contributed by atoms with Crippen molar-refractivity contribution in [3.63, 3.8) is 0 Å². The van der Waals surface area contributed by atoms with Crippen LogP contribution in [-0.4, -0.2) is 61.2 Å². The van der Waals surface area contributed by atoms with Crippen molar-refractivity contribution < 1.29 is 28.6 Å². The zero-order valence-electron chi connectivity index (χ0n) is 20.5. The van der Waals surface area contributed by atoms with Crippen LogP contribution in [0.3, 0.4) is 0 Å². The smallest absolute Gasteiger partial charge is 0.251 e. The number of aliphatic imine (C=N–C) groups is 1. The molecule has 3 aromatic rings. The number of phenolic OH excluding ortho intramolecular Hbond substituents is 1. The lowest BCUT2D eigenvalue weighted by atomic mass is 10.00. The quantitative estimate of drug-likeness (QED) is 0.357. The summed E-state index contributed by atoms with van der Waals surface area (Å²) in [5.74, 6) is -3.01. The summed E-state index contributed by atoms with van der Waals surface area (Å²) in [5.41, 5.74) is 2.40. The van der Waals surface area contributed by atoms with Crippen LogP contribution in [-0.2, 0) is 6.54 Å². The molecule has 0 saturated carbocycles. The number of halogens is 1. The Morgan fingerprint density at radius 1 is 0.947 bits per heavy atom. The molecular weight excluding hydrogens is 491 g/mol. The predicted octanol–water partition coefficient (Wildman–Crippen LogP) is 2.20. The Morgan fingerprint density at radius 2 is 1.58 bits per heavy atom. The number of nitrogens with zero attached hydrogens (tertiary/aromatic N) is 1. The minimum absolute atomic E-state index is 0.0936. The van der Waals surface area contributed by atoms with Crippen LogP contribution in [0.4, 0.5) is 4.39 Å². The fourth-order valence-corrected chi connectivity index (χ4v) is 4.57. The van der Waals surface area contributed by atoms with Gasteiger partial charge in [-0.05, 0) is 47.5 Å². The van der Waals surface area contributed by atoms with Crippen LogP contribution in [0.1, 0.15) is 47.8 Å². The maximum atomic E-state index is 14.6. The summed E-state index contributed by atoms with van der Waals surface area (Å²) in [6.45, 7) is 1.58. The second-order valence-corrected chi connectivity index (χ2v) is 9.08. The van der Waals surface area contributed by atoms with E-state index in [2.05, 4.69) is 20.9 Å². The van der Waals surface area contributed by atoms with E-state index < -0.39 is 22.9 Å². The van der Waals surface area contributed by atoms with Crippen LogP contribution in [0, 0.1) is 5.82 Å². The summed E-state index contributed by atoms with van der Waals surface area (Å²) < 4.78 is 19.5. The number of methoxy groups -OCH3 is 1. The monoisotopic (exact) mass is 516 g/mol. The van der Waals surface area contributed by atoms with E-state index in [-0.39, 0.29) is 40.8 Å². The van der Waals surface area contributed by atoms with E-state index in [4.69, 9.17) is 4.74 Å². The molecule has 2 atom stereocenters. The van der Waals surface area contributed by atoms with Crippen LogP contribution >= 0.6 is 0 Å². The van der Waals surface area contributed by atoms with Crippen molar-refractivity contribution in [1.82, 2.24) is 16.0 Å². The van der Waals surface area contributed by atoms with Crippen molar-refractivity contribution in [3.05, 3.63) is 93.8 Å². The van der Waals surface area contributed by atoms with E-state index in [1.54, 1.807) is 18.3 Å². The molecular formula is C28H25FN4O5. The highest BCUT2D eigenvalue weighted by molar-refractivity contribution is 6.11. The van der Waals surface area contributed by atoms with E-state index in [1.807, 2.05) is 6.07 Å². The Hall–Kier alpha value is -4.57. The van der Waals surface area contributed by atoms with Crippen LogP contribution < -0.4 is 20.7 Å². The van der Waals surface area contributed by atoms with Gasteiger partial charge < -0.3 is 25.8 Å². The number of carbonyl (C=O) groups excluding carboxylic acids is 3. The molecule has 2 heterocycles. The van der Waals surface area contributed by atoms with Gasteiger partial charge in [-0.2, -0.15) is 0 Å². The average molecular weight is 517 g/mol. The third-order valence-electron chi connectivity index (χ3n) is 6.69. The number of ketones is 1. The Labute approximate surface area is 217 Å². The fourth-order valence-electron chi connectivity index (χ4n) is 4.57. The largest absolute Gasteiger partial charge is 0.507 e. The molecule has 2 aliphatic rings. The predicted molar refractivity (Wildman–Crippen MR) is 138 cm³/mol. The summed E-state index contributed by atoms with van der Waals surface area (Å²) in [6.07, 6.45) is 1.75. The molecule has 10 heteroatoms. The summed E-state index contributed by atoms with van der Waals surface area (Å²) in [7, 11) is 1.26. The number of fused-ring (bicyclic) bond motifs is 1. The molecule has 2 aliphatic heterocycles. The molecule has 1 saturated heterocycles. The highest BCUT2D eigenvalue weighted by atomic mass is 19.1. The number of hydrogen-bond acceptors (Lipinski definition) is 7. The number of aromatic hydroxyl groups is 1. The van der Waals surface area contributed by atoms with E-state index in [9.17, 15) is 23.9 Å². The van der Waals surface area contributed by atoms with Crippen molar-refractivity contribution >= 4 is 23.8 Å². The maximum Gasteiger partial charge on any atom is 0.251 e. The summed E-state index contributed by atoms with van der Waals surface area (Å²) in [6, 6.07) is 12.8. The van der Waals surface area contributed by atoms with Gasteiger partial charge in [-0.1, -0.05) is 18.2 Å². The van der Waals surface area contributed by atoms with Gasteiger partial charge in [0.15, 0.2) is 17.3 Å². The van der Waals surface area contributed by atoms with Gasteiger partial charge in [0.1, 0.15) is 11.3 Å².